The summed E-state index contributed by atoms with van der Waals surface area (Å²) >= 11 is 5.54. The summed E-state index contributed by atoms with van der Waals surface area (Å²) in [5, 5.41) is 3.77. The van der Waals surface area contributed by atoms with Crippen LogP contribution in [-0.2, 0) is 19.3 Å². The fraction of sp³-hybridized carbons (Fsp3) is 0.412. The van der Waals surface area contributed by atoms with Crippen molar-refractivity contribution in [2.45, 2.75) is 44.6 Å². The van der Waals surface area contributed by atoms with Crippen molar-refractivity contribution in [2.24, 2.45) is 0 Å². The number of anilines is 1. The Morgan fingerprint density at radius 2 is 1.95 bits per heavy atom. The molecule has 0 amide bonds. The Kier molecular flexibility index (Phi) is 3.35. The zero-order valence-electron chi connectivity index (χ0n) is 11.4. The molecule has 0 bridgehead atoms. The Morgan fingerprint density at radius 1 is 1.05 bits per heavy atom. The van der Waals surface area contributed by atoms with E-state index in [2.05, 4.69) is 45.5 Å². The van der Waals surface area contributed by atoms with E-state index in [1.807, 2.05) is 11.3 Å². The van der Waals surface area contributed by atoms with Gasteiger partial charge < -0.3 is 5.32 Å². The summed E-state index contributed by atoms with van der Waals surface area (Å²) in [6.07, 6.45) is 7.62. The SMILES string of the molecule is Brc1cc2c(s1)CCCC2Nc1ccc2c(c1)CCC2. The van der Waals surface area contributed by atoms with Crippen molar-refractivity contribution >= 4 is 33.0 Å². The molecule has 104 valence electrons. The number of fused-ring (bicyclic) bond motifs is 2. The summed E-state index contributed by atoms with van der Waals surface area (Å²) in [6, 6.07) is 9.75. The second kappa shape index (κ2) is 5.19. The molecular formula is C17H18BrNS. The highest BCUT2D eigenvalue weighted by Crippen LogP contribution is 2.39. The zero-order valence-corrected chi connectivity index (χ0v) is 13.8. The Bertz CT molecular complexity index is 646. The molecule has 2 aliphatic carbocycles. The molecule has 0 spiro atoms. The van der Waals surface area contributed by atoms with Crippen molar-refractivity contribution in [3.63, 3.8) is 0 Å². The normalized spacial score (nSPS) is 20.6. The fourth-order valence-electron chi connectivity index (χ4n) is 3.53. The highest BCUT2D eigenvalue weighted by molar-refractivity contribution is 9.11. The molecule has 3 heteroatoms. The van der Waals surface area contributed by atoms with Crippen molar-refractivity contribution in [2.75, 3.05) is 5.32 Å². The van der Waals surface area contributed by atoms with Gasteiger partial charge in [0.1, 0.15) is 0 Å². The predicted octanol–water partition coefficient (Wildman–Crippen LogP) is 5.49. The third kappa shape index (κ3) is 2.31. The number of hydrogen-bond donors (Lipinski definition) is 1. The van der Waals surface area contributed by atoms with E-state index in [4.69, 9.17) is 0 Å². The molecule has 0 aliphatic heterocycles. The van der Waals surface area contributed by atoms with Gasteiger partial charge in [0.05, 0.1) is 9.83 Å². The largest absolute Gasteiger partial charge is 0.378 e. The molecule has 1 atom stereocenters. The first-order chi connectivity index (χ1) is 9.79. The van der Waals surface area contributed by atoms with E-state index in [0.717, 1.165) is 0 Å². The lowest BCUT2D eigenvalue weighted by Gasteiger charge is -2.25. The molecule has 1 heterocycles. The Balaban J connectivity index is 1.60. The first-order valence-corrected chi connectivity index (χ1v) is 9.07. The molecule has 2 aromatic rings. The molecule has 1 nitrogen and oxygen atoms in total. The number of halogens is 1. The van der Waals surface area contributed by atoms with Crippen LogP contribution in [0.4, 0.5) is 5.69 Å². The summed E-state index contributed by atoms with van der Waals surface area (Å²) in [7, 11) is 0. The smallest absolute Gasteiger partial charge is 0.0705 e. The van der Waals surface area contributed by atoms with E-state index in [1.165, 1.54) is 53.6 Å². The Labute approximate surface area is 132 Å². The van der Waals surface area contributed by atoms with Crippen LogP contribution in [-0.4, -0.2) is 0 Å². The van der Waals surface area contributed by atoms with E-state index >= 15 is 0 Å². The van der Waals surface area contributed by atoms with Gasteiger partial charge in [-0.3, -0.25) is 0 Å². The van der Waals surface area contributed by atoms with Gasteiger partial charge in [0.2, 0.25) is 0 Å². The fourth-order valence-corrected chi connectivity index (χ4v) is 5.35. The average molecular weight is 348 g/mol. The number of rotatable bonds is 2. The summed E-state index contributed by atoms with van der Waals surface area (Å²) in [6.45, 7) is 0. The summed E-state index contributed by atoms with van der Waals surface area (Å²) in [4.78, 5) is 1.56. The maximum Gasteiger partial charge on any atom is 0.0705 e. The van der Waals surface area contributed by atoms with Gasteiger partial charge >= 0.3 is 0 Å². The summed E-state index contributed by atoms with van der Waals surface area (Å²) in [5.41, 5.74) is 5.91. The van der Waals surface area contributed by atoms with Crippen LogP contribution < -0.4 is 5.32 Å². The van der Waals surface area contributed by atoms with Gasteiger partial charge in [0.25, 0.3) is 0 Å². The predicted molar refractivity (Wildman–Crippen MR) is 89.8 cm³/mol. The first kappa shape index (κ1) is 12.9. The van der Waals surface area contributed by atoms with Crippen LogP contribution in [0.1, 0.15) is 46.9 Å². The van der Waals surface area contributed by atoms with Crippen molar-refractivity contribution in [3.05, 3.63) is 49.6 Å². The average Bonchev–Trinajstić information content (AvgIpc) is 3.04. The van der Waals surface area contributed by atoms with Crippen LogP contribution in [0, 0.1) is 0 Å². The molecule has 20 heavy (non-hydrogen) atoms. The second-order valence-electron chi connectivity index (χ2n) is 5.86. The molecule has 1 unspecified atom stereocenters. The quantitative estimate of drug-likeness (QED) is 0.757. The standard InChI is InChI=1S/C17H18BrNS/c18-17-10-14-15(5-2-6-16(14)20-17)19-13-8-7-11-3-1-4-12(11)9-13/h7-10,15,19H,1-6H2. The maximum atomic E-state index is 3.77. The van der Waals surface area contributed by atoms with Crippen LogP contribution in [0.25, 0.3) is 0 Å². The van der Waals surface area contributed by atoms with Crippen LogP contribution in [0.15, 0.2) is 28.1 Å². The third-order valence-electron chi connectivity index (χ3n) is 4.52. The van der Waals surface area contributed by atoms with Crippen LogP contribution in [0.3, 0.4) is 0 Å². The van der Waals surface area contributed by atoms with Crippen molar-refractivity contribution in [3.8, 4) is 0 Å². The number of hydrogen-bond acceptors (Lipinski definition) is 2. The monoisotopic (exact) mass is 347 g/mol. The topological polar surface area (TPSA) is 12.0 Å². The van der Waals surface area contributed by atoms with Gasteiger partial charge in [-0.2, -0.15) is 0 Å². The van der Waals surface area contributed by atoms with E-state index in [9.17, 15) is 0 Å². The molecule has 0 saturated heterocycles. The Hall–Kier alpha value is -0.800. The molecule has 1 aromatic heterocycles. The molecule has 1 N–H and O–H groups in total. The van der Waals surface area contributed by atoms with Gasteiger partial charge in [-0.25, -0.2) is 0 Å². The minimum atomic E-state index is 0.487. The number of aryl methyl sites for hydroxylation is 3. The second-order valence-corrected chi connectivity index (χ2v) is 8.37. The number of thiophene rings is 1. The number of nitrogens with one attached hydrogen (secondary N) is 1. The van der Waals surface area contributed by atoms with Crippen LogP contribution in [0.5, 0.6) is 0 Å². The Morgan fingerprint density at radius 3 is 2.90 bits per heavy atom. The molecule has 2 aliphatic rings. The van der Waals surface area contributed by atoms with Crippen LogP contribution in [0.2, 0.25) is 0 Å². The van der Waals surface area contributed by atoms with E-state index < -0.39 is 0 Å². The van der Waals surface area contributed by atoms with Gasteiger partial charge in [-0.1, -0.05) is 6.07 Å². The third-order valence-corrected chi connectivity index (χ3v) is 6.24. The van der Waals surface area contributed by atoms with Crippen molar-refractivity contribution < 1.29 is 0 Å². The molecule has 1 aromatic carbocycles. The van der Waals surface area contributed by atoms with Gasteiger partial charge in [0, 0.05) is 10.6 Å². The van der Waals surface area contributed by atoms with Crippen molar-refractivity contribution in [1.82, 2.24) is 0 Å². The molecule has 0 saturated carbocycles. The highest BCUT2D eigenvalue weighted by Gasteiger charge is 2.23. The molecule has 4 rings (SSSR count). The molecular weight excluding hydrogens is 330 g/mol. The lowest BCUT2D eigenvalue weighted by molar-refractivity contribution is 0.609. The summed E-state index contributed by atoms with van der Waals surface area (Å²) < 4.78 is 1.27. The van der Waals surface area contributed by atoms with Gasteiger partial charge in [0.15, 0.2) is 0 Å². The lowest BCUT2D eigenvalue weighted by atomic mass is 9.93. The summed E-state index contributed by atoms with van der Waals surface area (Å²) in [5.74, 6) is 0. The lowest BCUT2D eigenvalue weighted by Crippen LogP contribution is -2.15. The van der Waals surface area contributed by atoms with Gasteiger partial charge in [-0.05, 0) is 89.3 Å². The van der Waals surface area contributed by atoms with E-state index in [1.54, 1.807) is 16.0 Å². The molecule has 0 fully saturated rings. The van der Waals surface area contributed by atoms with E-state index in [0.29, 0.717) is 6.04 Å². The minimum Gasteiger partial charge on any atom is -0.378 e. The van der Waals surface area contributed by atoms with Gasteiger partial charge in [-0.15, -0.1) is 11.3 Å². The van der Waals surface area contributed by atoms with E-state index in [-0.39, 0.29) is 0 Å². The molecule has 0 radical (unpaired) electrons. The van der Waals surface area contributed by atoms with Crippen molar-refractivity contribution in [1.29, 1.82) is 0 Å². The first-order valence-electron chi connectivity index (χ1n) is 7.46. The zero-order chi connectivity index (χ0) is 13.5. The number of benzene rings is 1. The minimum absolute atomic E-state index is 0.487. The van der Waals surface area contributed by atoms with Crippen LogP contribution >= 0.6 is 27.3 Å². The highest BCUT2D eigenvalue weighted by atomic mass is 79.9. The maximum absolute atomic E-state index is 3.77.